The third kappa shape index (κ3) is 3.46. The van der Waals surface area contributed by atoms with Gasteiger partial charge < -0.3 is 5.32 Å². The molecule has 1 aromatic rings. The van der Waals surface area contributed by atoms with E-state index >= 15 is 0 Å². The topological polar surface area (TPSA) is 15.3 Å². The molecule has 2 nitrogen and oxygen atoms in total. The molecule has 0 saturated carbocycles. The van der Waals surface area contributed by atoms with Crippen LogP contribution in [-0.2, 0) is 0 Å². The summed E-state index contributed by atoms with van der Waals surface area (Å²) >= 11 is 0. The van der Waals surface area contributed by atoms with Gasteiger partial charge in [0.25, 0.3) is 0 Å². The summed E-state index contributed by atoms with van der Waals surface area (Å²) in [6.07, 6.45) is -3.26. The molecule has 1 fully saturated rings. The van der Waals surface area contributed by atoms with E-state index in [4.69, 9.17) is 0 Å². The number of halogens is 5. The zero-order chi connectivity index (χ0) is 14.7. The van der Waals surface area contributed by atoms with Gasteiger partial charge in [-0.25, -0.2) is 22.0 Å². The maximum atomic E-state index is 13.8. The van der Waals surface area contributed by atoms with Gasteiger partial charge in [-0.3, -0.25) is 4.90 Å². The predicted octanol–water partition coefficient (Wildman–Crippen LogP) is 2.71. The highest BCUT2D eigenvalue weighted by molar-refractivity contribution is 5.24. The first-order chi connectivity index (χ1) is 9.49. The molecule has 20 heavy (non-hydrogen) atoms. The smallest absolute Gasteiger partial charge is 0.240 e. The van der Waals surface area contributed by atoms with Gasteiger partial charge in [0.15, 0.2) is 11.6 Å². The summed E-state index contributed by atoms with van der Waals surface area (Å²) in [4.78, 5) is 1.67. The lowest BCUT2D eigenvalue weighted by Gasteiger charge is -2.35. The molecule has 0 aliphatic carbocycles. The first kappa shape index (κ1) is 15.2. The summed E-state index contributed by atoms with van der Waals surface area (Å²) < 4.78 is 65.4. The molecule has 0 unspecified atom stereocenters. The molecule has 0 radical (unpaired) electrons. The molecule has 7 heteroatoms. The molecule has 112 valence electrons. The minimum atomic E-state index is -2.65. The number of piperazine rings is 1. The number of nitrogens with one attached hydrogen (secondary N) is 1. The average Bonchev–Trinajstić information content (AvgIpc) is 2.41. The Morgan fingerprint density at radius 1 is 1.00 bits per heavy atom. The van der Waals surface area contributed by atoms with Crippen molar-refractivity contribution < 1.29 is 22.0 Å². The molecule has 0 amide bonds. The van der Waals surface area contributed by atoms with E-state index < -0.39 is 36.3 Å². The van der Waals surface area contributed by atoms with Crippen molar-refractivity contribution in [3.8, 4) is 0 Å². The SMILES string of the molecule is Fc1cc(F)c([C@@H](CC(F)F)N2CCNCC2)cc1F. The Bertz CT molecular complexity index is 460. The molecule has 0 spiro atoms. The third-order valence-corrected chi connectivity index (χ3v) is 3.39. The van der Waals surface area contributed by atoms with Gasteiger partial charge >= 0.3 is 0 Å². The first-order valence-corrected chi connectivity index (χ1v) is 6.36. The van der Waals surface area contributed by atoms with Crippen molar-refractivity contribution in [2.45, 2.75) is 18.9 Å². The Labute approximate surface area is 113 Å². The Morgan fingerprint density at radius 3 is 2.20 bits per heavy atom. The number of benzene rings is 1. The maximum Gasteiger partial charge on any atom is 0.240 e. The number of nitrogens with zero attached hydrogens (tertiary/aromatic N) is 1. The number of rotatable bonds is 4. The minimum Gasteiger partial charge on any atom is -0.314 e. The Balaban J connectivity index is 2.32. The molecule has 0 bridgehead atoms. The van der Waals surface area contributed by atoms with Gasteiger partial charge in [0.05, 0.1) is 0 Å². The highest BCUT2D eigenvalue weighted by atomic mass is 19.3. The van der Waals surface area contributed by atoms with E-state index in [1.54, 1.807) is 4.90 Å². The molecule has 1 N–H and O–H groups in total. The van der Waals surface area contributed by atoms with Crippen molar-refractivity contribution in [3.05, 3.63) is 35.1 Å². The monoisotopic (exact) mass is 294 g/mol. The predicted molar refractivity (Wildman–Crippen MR) is 64.1 cm³/mol. The van der Waals surface area contributed by atoms with Crippen LogP contribution in [0, 0.1) is 17.5 Å². The van der Waals surface area contributed by atoms with Gasteiger partial charge in [0.2, 0.25) is 6.43 Å². The fourth-order valence-corrected chi connectivity index (χ4v) is 2.43. The second kappa shape index (κ2) is 6.49. The van der Waals surface area contributed by atoms with Crippen molar-refractivity contribution in [1.29, 1.82) is 0 Å². The minimum absolute atomic E-state index is 0.217. The first-order valence-electron chi connectivity index (χ1n) is 6.36. The van der Waals surface area contributed by atoms with E-state index in [1.165, 1.54) is 0 Å². The van der Waals surface area contributed by atoms with Gasteiger partial charge in [-0.15, -0.1) is 0 Å². The van der Waals surface area contributed by atoms with Crippen LogP contribution in [0.15, 0.2) is 12.1 Å². The lowest BCUT2D eigenvalue weighted by Crippen LogP contribution is -2.45. The van der Waals surface area contributed by atoms with Crippen LogP contribution in [-0.4, -0.2) is 37.5 Å². The average molecular weight is 294 g/mol. The zero-order valence-electron chi connectivity index (χ0n) is 10.7. The zero-order valence-corrected chi connectivity index (χ0v) is 10.7. The van der Waals surface area contributed by atoms with Crippen molar-refractivity contribution in [1.82, 2.24) is 10.2 Å². The summed E-state index contributed by atoms with van der Waals surface area (Å²) in [5, 5.41) is 3.05. The molecule has 1 aliphatic heterocycles. The lowest BCUT2D eigenvalue weighted by molar-refractivity contribution is 0.0723. The van der Waals surface area contributed by atoms with Crippen LogP contribution in [0.25, 0.3) is 0 Å². The largest absolute Gasteiger partial charge is 0.314 e. The Morgan fingerprint density at radius 2 is 1.60 bits per heavy atom. The molecule has 1 saturated heterocycles. The summed E-state index contributed by atoms with van der Waals surface area (Å²) in [7, 11) is 0. The van der Waals surface area contributed by atoms with Gasteiger partial charge in [-0.2, -0.15) is 0 Å². The van der Waals surface area contributed by atoms with E-state index in [-0.39, 0.29) is 5.56 Å². The van der Waals surface area contributed by atoms with Crippen LogP contribution >= 0.6 is 0 Å². The van der Waals surface area contributed by atoms with Crippen molar-refractivity contribution in [2.24, 2.45) is 0 Å². The van der Waals surface area contributed by atoms with E-state index in [9.17, 15) is 22.0 Å². The Hall–Kier alpha value is -1.21. The number of hydrogen-bond donors (Lipinski definition) is 1. The molecule has 2 rings (SSSR count). The third-order valence-electron chi connectivity index (χ3n) is 3.39. The second-order valence-electron chi connectivity index (χ2n) is 4.72. The molecular formula is C13H15F5N2. The number of alkyl halides is 2. The normalized spacial score (nSPS) is 18.5. The highest BCUT2D eigenvalue weighted by Crippen LogP contribution is 2.30. The van der Waals surface area contributed by atoms with Gasteiger partial charge in [-0.1, -0.05) is 0 Å². The molecule has 1 heterocycles. The fourth-order valence-electron chi connectivity index (χ4n) is 2.43. The standard InChI is InChI=1S/C13H15F5N2/c14-9-6-11(16)10(15)5-8(9)12(7-13(17)18)20-3-1-19-2-4-20/h5-6,12-13,19H,1-4,7H2/t12-/m1/s1. The van der Waals surface area contributed by atoms with Gasteiger partial charge in [0.1, 0.15) is 5.82 Å². The second-order valence-corrected chi connectivity index (χ2v) is 4.72. The van der Waals surface area contributed by atoms with Crippen LogP contribution in [0.2, 0.25) is 0 Å². The fraction of sp³-hybridized carbons (Fsp3) is 0.538. The lowest BCUT2D eigenvalue weighted by atomic mass is 10.00. The molecule has 1 aliphatic rings. The van der Waals surface area contributed by atoms with Crippen LogP contribution in [0.1, 0.15) is 18.0 Å². The van der Waals surface area contributed by atoms with E-state index in [2.05, 4.69) is 5.32 Å². The van der Waals surface area contributed by atoms with Crippen molar-refractivity contribution >= 4 is 0 Å². The molecule has 1 atom stereocenters. The van der Waals surface area contributed by atoms with Crippen LogP contribution < -0.4 is 5.32 Å². The summed E-state index contributed by atoms with van der Waals surface area (Å²) in [6, 6.07) is 0.137. The van der Waals surface area contributed by atoms with Crippen LogP contribution in [0.3, 0.4) is 0 Å². The van der Waals surface area contributed by atoms with Crippen LogP contribution in [0.4, 0.5) is 22.0 Å². The van der Waals surface area contributed by atoms with E-state index in [1.807, 2.05) is 0 Å². The van der Waals surface area contributed by atoms with Crippen molar-refractivity contribution in [3.63, 3.8) is 0 Å². The van der Waals surface area contributed by atoms with Gasteiger partial charge in [-0.05, 0) is 6.07 Å². The molecule has 1 aromatic carbocycles. The molecular weight excluding hydrogens is 279 g/mol. The maximum absolute atomic E-state index is 13.8. The highest BCUT2D eigenvalue weighted by Gasteiger charge is 2.28. The summed E-state index contributed by atoms with van der Waals surface area (Å²) in [5.74, 6) is -3.54. The van der Waals surface area contributed by atoms with Gasteiger partial charge in [0, 0.05) is 50.3 Å². The molecule has 0 aromatic heterocycles. The summed E-state index contributed by atoms with van der Waals surface area (Å²) in [5.41, 5.74) is -0.217. The van der Waals surface area contributed by atoms with Crippen molar-refractivity contribution in [2.75, 3.05) is 26.2 Å². The quantitative estimate of drug-likeness (QED) is 0.678. The van der Waals surface area contributed by atoms with E-state index in [0.717, 1.165) is 0 Å². The van der Waals surface area contributed by atoms with E-state index in [0.29, 0.717) is 38.3 Å². The number of hydrogen-bond acceptors (Lipinski definition) is 2. The van der Waals surface area contributed by atoms with Crippen LogP contribution in [0.5, 0.6) is 0 Å². The Kier molecular flexibility index (Phi) is 4.93. The summed E-state index contributed by atoms with van der Waals surface area (Å²) in [6.45, 7) is 2.09.